The summed E-state index contributed by atoms with van der Waals surface area (Å²) in [6.45, 7) is 70.5. The van der Waals surface area contributed by atoms with Gasteiger partial charge in [0.05, 0.1) is 0 Å². The van der Waals surface area contributed by atoms with E-state index >= 15 is 0 Å². The highest BCUT2D eigenvalue weighted by molar-refractivity contribution is 6.93. The van der Waals surface area contributed by atoms with Gasteiger partial charge in [-0.05, 0) is 249 Å². The molecule has 0 aromatic carbocycles. The van der Waals surface area contributed by atoms with E-state index in [9.17, 15) is 0 Å². The van der Waals surface area contributed by atoms with Gasteiger partial charge in [-0.25, -0.2) is 4.58 Å². The summed E-state index contributed by atoms with van der Waals surface area (Å²) in [5, 5.41) is 0. The van der Waals surface area contributed by atoms with Crippen molar-refractivity contribution in [3.05, 3.63) is 0 Å². The summed E-state index contributed by atoms with van der Waals surface area (Å²) in [7, 11) is -40.0. The first-order valence-corrected chi connectivity index (χ1v) is 78.4. The molecule has 586 valence electrons. The highest BCUT2D eigenvalue weighted by Gasteiger charge is 2.59. The third kappa shape index (κ3) is 41.8. The first kappa shape index (κ1) is 96.4. The van der Waals surface area contributed by atoms with Gasteiger partial charge in [-0.2, -0.15) is 0 Å². The predicted molar refractivity (Wildman–Crippen MR) is 443 cm³/mol. The van der Waals surface area contributed by atoms with Crippen LogP contribution in [-0.2, 0) is 72.7 Å². The minimum absolute atomic E-state index is 0.411. The van der Waals surface area contributed by atoms with E-state index in [1.54, 1.807) is 0 Å². The quantitative estimate of drug-likeness (QED) is 0.0245. The second kappa shape index (κ2) is 43.7. The molecule has 0 amide bonds. The summed E-state index contributed by atoms with van der Waals surface area (Å²) in [6.07, 6.45) is 25.1. The van der Waals surface area contributed by atoms with Gasteiger partial charge in [0.2, 0.25) is 8.32 Å². The van der Waals surface area contributed by atoms with Gasteiger partial charge in [-0.15, -0.1) is 0 Å². The second-order valence-electron chi connectivity index (χ2n) is 35.0. The fourth-order valence-electron chi connectivity index (χ4n) is 15.4. The van der Waals surface area contributed by atoms with Crippen LogP contribution in [0.5, 0.6) is 0 Å². The topological polar surface area (TPSA) is 157 Å². The Bertz CT molecular complexity index is 2180. The van der Waals surface area contributed by atoms with Crippen molar-refractivity contribution < 1.29 is 72.7 Å². The van der Waals surface area contributed by atoms with Crippen molar-refractivity contribution in [2.75, 3.05) is 39.6 Å². The summed E-state index contributed by atoms with van der Waals surface area (Å²) in [5.74, 6) is 1.90. The van der Waals surface area contributed by atoms with E-state index in [1.807, 2.05) is 6.55 Å². The first-order valence-electron chi connectivity index (χ1n) is 39.5. The Morgan fingerprint density at radius 2 is 0.582 bits per heavy atom. The van der Waals surface area contributed by atoms with E-state index in [0.717, 1.165) is 81.6 Å². The Morgan fingerprint density at radius 1 is 0.255 bits per heavy atom. The summed E-state index contributed by atoms with van der Waals surface area (Å²) in [5.41, 5.74) is 0. The smallest absolute Gasteiger partial charge is 0.436 e. The van der Waals surface area contributed by atoms with Crippen molar-refractivity contribution in [2.24, 2.45) is 23.7 Å². The van der Waals surface area contributed by atoms with Crippen LogP contribution >= 0.6 is 0 Å². The van der Waals surface area contributed by atoms with Crippen molar-refractivity contribution in [3.63, 3.8) is 0 Å². The summed E-state index contributed by atoms with van der Waals surface area (Å²) >= 11 is 0. The fraction of sp³-hybridized carbons (Fsp3) is 1.00. The molecule has 2 bridgehead atoms. The summed E-state index contributed by atoms with van der Waals surface area (Å²) in [6, 6.07) is 5.60. The molecule has 0 radical (unpaired) electrons. The summed E-state index contributed by atoms with van der Waals surface area (Å²) < 4.78 is 121. The Kier molecular flexibility index (Phi) is 43.0. The molecule has 17 nitrogen and oxygen atoms in total. The number of ether oxygens (including phenoxy) is 2. The van der Waals surface area contributed by atoms with E-state index in [0.29, 0.717) is 50.1 Å². The third-order valence-electron chi connectivity index (χ3n) is 18.3. The lowest BCUT2D eigenvalue weighted by Crippen LogP contribution is -2.65. The van der Waals surface area contributed by atoms with Crippen molar-refractivity contribution in [1.29, 1.82) is 0 Å². The maximum absolute atomic E-state index is 7.90. The number of unbranched alkanes of at least 4 members (excludes halogenated alkanes) is 12. The maximum atomic E-state index is 7.90. The van der Waals surface area contributed by atoms with Crippen molar-refractivity contribution >= 4 is 119 Å². The second-order valence-corrected chi connectivity index (χ2v) is 86.6. The molecule has 0 aliphatic heterocycles. The first-order chi connectivity index (χ1) is 45.0. The molecular weight excluding hydrogens is 1470 g/mol. The van der Waals surface area contributed by atoms with Gasteiger partial charge in [0.1, 0.15) is 0 Å². The Labute approximate surface area is 620 Å². The fourth-order valence-corrected chi connectivity index (χ4v) is 78.9. The van der Waals surface area contributed by atoms with E-state index in [1.165, 1.54) is 103 Å². The lowest BCUT2D eigenvalue weighted by Gasteiger charge is -2.47. The Balaban J connectivity index is 2.78. The monoisotopic (exact) mass is 1630 g/mol. The van der Waals surface area contributed by atoms with E-state index in [4.69, 9.17) is 72.7 Å². The normalized spacial score (nSPS) is 20.6. The van der Waals surface area contributed by atoms with Gasteiger partial charge in [0.25, 0.3) is 0 Å². The summed E-state index contributed by atoms with van der Waals surface area (Å²) in [4.78, 5) is 0. The van der Waals surface area contributed by atoms with Gasteiger partial charge in [-0.1, -0.05) is 131 Å². The molecule has 2 saturated carbocycles. The molecule has 2 rings (SSSR count). The Morgan fingerprint density at radius 3 is 0.949 bits per heavy atom. The third-order valence-corrected chi connectivity index (χ3v) is 70.3. The zero-order valence-electron chi connectivity index (χ0n) is 69.6. The standard InChI is InChI=1S/C67H160O17Si14/c1-31-37-39-41-43-45-47-55-86(9,10)74-95(27,79-93(23,24)82-97(29,73-72-85(7,8)57-53-68-49-33-3)81-91(19,20)77-89(15,16)70-51-35-5)62-65-59-64-60-66(67(65)61-64)63-96(28,75-88(13,14)58-54-69-50-34-4)80-94(25,26)84-98(30,83-92(21,22)78-90(17,18)71-52-36-6)76-87(11,12)56-48-46-44-42-40-38-32-2/h64-67H,31-63H2,1-30H3. The van der Waals surface area contributed by atoms with Gasteiger partial charge >= 0.3 is 86.1 Å². The van der Waals surface area contributed by atoms with Gasteiger partial charge in [-0.3, -0.25) is 4.58 Å². The molecule has 0 aromatic heterocycles. The molecule has 0 heterocycles. The van der Waals surface area contributed by atoms with Crippen molar-refractivity contribution in [2.45, 2.75) is 370 Å². The molecule has 2 aliphatic rings. The number of rotatable bonds is 61. The Hall–Kier alpha value is 2.36. The van der Waals surface area contributed by atoms with Gasteiger partial charge in [0.15, 0.2) is 25.0 Å². The van der Waals surface area contributed by atoms with Gasteiger partial charge in [0, 0.05) is 52.7 Å². The minimum atomic E-state index is -3.69. The number of fused-ring (bicyclic) bond motifs is 2. The van der Waals surface area contributed by atoms with Crippen LogP contribution in [0, 0.1) is 23.7 Å². The van der Waals surface area contributed by atoms with Crippen LogP contribution in [0.3, 0.4) is 0 Å². The van der Waals surface area contributed by atoms with Crippen LogP contribution < -0.4 is 0 Å². The zero-order chi connectivity index (χ0) is 74.7. The van der Waals surface area contributed by atoms with Crippen LogP contribution in [0.4, 0.5) is 0 Å². The lowest BCUT2D eigenvalue weighted by atomic mass is 9.82. The molecule has 31 heteroatoms. The lowest BCUT2D eigenvalue weighted by molar-refractivity contribution is -0.159. The predicted octanol–water partition coefficient (Wildman–Crippen LogP) is 22.3. The van der Waals surface area contributed by atoms with Crippen LogP contribution in [0.2, 0.25) is 193 Å². The van der Waals surface area contributed by atoms with E-state index in [-0.39, 0.29) is 0 Å². The molecule has 0 saturated heterocycles. The highest BCUT2D eigenvalue weighted by Crippen LogP contribution is 2.57. The average Bonchev–Trinajstić information content (AvgIpc) is 1.53. The van der Waals surface area contributed by atoms with Crippen molar-refractivity contribution in [1.82, 2.24) is 0 Å². The van der Waals surface area contributed by atoms with Gasteiger partial charge < -0.3 is 63.6 Å². The number of hydrogen-bond donors (Lipinski definition) is 0. The maximum Gasteiger partial charge on any atom is 0.507 e. The molecule has 98 heavy (non-hydrogen) atoms. The molecule has 8 unspecified atom stereocenters. The van der Waals surface area contributed by atoms with Crippen LogP contribution in [0.1, 0.15) is 176 Å². The highest BCUT2D eigenvalue weighted by atomic mass is 28.5. The molecule has 0 spiro atoms. The molecule has 2 fully saturated rings. The zero-order valence-corrected chi connectivity index (χ0v) is 83.6. The van der Waals surface area contributed by atoms with Crippen LogP contribution in [-0.4, -0.2) is 159 Å². The SMILES string of the molecule is CCCCCCCCC[Si](C)(C)O[Si](C)(CC1CC2CC(C[Si](C)(O[Si](C)(C)CCOCCC)O[Si](C)(C)O[Si](C)(O[Si](C)(C)CCCCCCCCC)O[Si](C)(C)O[Si](C)(C)OCCC)C1C2)O[Si](C)(C)O[Si](C)(OO[Si](C)(C)CCOCCC)O[Si](C)(C)O[Si](C)(C)OCCC. The minimum Gasteiger partial charge on any atom is -0.436 e. The van der Waals surface area contributed by atoms with E-state index in [2.05, 4.69) is 192 Å². The average molecular weight is 1630 g/mol. The molecule has 8 atom stereocenters. The molecular formula is C67H160O17Si14. The molecule has 2 aliphatic carbocycles. The molecule has 0 aromatic rings. The molecule has 0 N–H and O–H groups in total. The van der Waals surface area contributed by atoms with Crippen LogP contribution in [0.25, 0.3) is 0 Å². The number of hydrogen-bond acceptors (Lipinski definition) is 17. The van der Waals surface area contributed by atoms with Crippen LogP contribution in [0.15, 0.2) is 0 Å². The largest absolute Gasteiger partial charge is 0.507 e. The van der Waals surface area contributed by atoms with E-state index < -0.39 is 119 Å². The van der Waals surface area contributed by atoms with Crippen molar-refractivity contribution in [3.8, 4) is 0 Å².